The van der Waals surface area contributed by atoms with E-state index >= 15 is 0 Å². The number of benzene rings is 2. The molecule has 0 spiro atoms. The third kappa shape index (κ3) is 5.96. The molecule has 10 nitrogen and oxygen atoms in total. The predicted octanol–water partition coefficient (Wildman–Crippen LogP) is 3.14. The van der Waals surface area contributed by atoms with E-state index < -0.39 is 12.1 Å². The lowest BCUT2D eigenvalue weighted by molar-refractivity contribution is -0.123. The minimum atomic E-state index is -0.461. The van der Waals surface area contributed by atoms with Gasteiger partial charge in [-0.25, -0.2) is 9.97 Å². The summed E-state index contributed by atoms with van der Waals surface area (Å²) in [6.45, 7) is 4.61. The van der Waals surface area contributed by atoms with Gasteiger partial charge in [-0.15, -0.1) is 0 Å². The highest BCUT2D eigenvalue weighted by atomic mass is 16.5. The van der Waals surface area contributed by atoms with Crippen molar-refractivity contribution in [1.82, 2.24) is 25.1 Å². The van der Waals surface area contributed by atoms with Crippen LogP contribution in [-0.2, 0) is 22.6 Å². The maximum absolute atomic E-state index is 13.5. The summed E-state index contributed by atoms with van der Waals surface area (Å²) >= 11 is 0. The predicted molar refractivity (Wildman–Crippen MR) is 147 cm³/mol. The van der Waals surface area contributed by atoms with E-state index in [4.69, 9.17) is 9.47 Å². The minimum Gasteiger partial charge on any atom is -0.457 e. The molecule has 1 saturated heterocycles. The monoisotopic (exact) mass is 543 g/mol. The number of nitrogens with one attached hydrogen (secondary N) is 1. The number of likely N-dealkylation sites (tertiary alicyclic amines) is 1. The quantitative estimate of drug-likeness (QED) is 0.540. The van der Waals surface area contributed by atoms with E-state index in [2.05, 4.69) is 15.3 Å². The smallest absolute Gasteiger partial charge is 0.257 e. The molecule has 3 heterocycles. The van der Waals surface area contributed by atoms with Crippen molar-refractivity contribution in [1.29, 1.82) is 0 Å². The molecule has 208 valence electrons. The number of fused-ring (bicyclic) bond motifs is 5. The van der Waals surface area contributed by atoms with Gasteiger partial charge in [0.15, 0.2) is 0 Å². The SMILES string of the molecule is CCCc1ncncc1C(=O)N1C[C@@H]2NC(=O)CN(C)C(=O)c3ccc(C)c(c3)Oc3cccc(c3)CO[C@H]2C1. The van der Waals surface area contributed by atoms with Gasteiger partial charge < -0.3 is 24.6 Å². The molecular formula is C30H33N5O5. The van der Waals surface area contributed by atoms with E-state index in [1.165, 1.54) is 11.2 Å². The van der Waals surface area contributed by atoms with Crippen molar-refractivity contribution < 1.29 is 23.9 Å². The number of hydrogen-bond donors (Lipinski definition) is 1. The first-order valence-corrected chi connectivity index (χ1v) is 13.4. The van der Waals surface area contributed by atoms with Crippen LogP contribution in [-0.4, -0.2) is 76.3 Å². The molecule has 2 aliphatic rings. The molecule has 1 N–H and O–H groups in total. The lowest BCUT2D eigenvalue weighted by Gasteiger charge is -2.23. The number of carbonyl (C=O) groups excluding carboxylic acids is 3. The Hall–Kier alpha value is -4.31. The molecule has 2 aromatic carbocycles. The van der Waals surface area contributed by atoms with Gasteiger partial charge in [0.1, 0.15) is 17.8 Å². The Balaban J connectivity index is 1.42. The van der Waals surface area contributed by atoms with Gasteiger partial charge in [0.2, 0.25) is 5.91 Å². The van der Waals surface area contributed by atoms with Gasteiger partial charge in [0, 0.05) is 31.9 Å². The maximum Gasteiger partial charge on any atom is 0.257 e. The first-order valence-electron chi connectivity index (χ1n) is 13.4. The first kappa shape index (κ1) is 27.3. The maximum atomic E-state index is 13.5. The molecule has 5 rings (SSSR count). The molecule has 10 heteroatoms. The van der Waals surface area contributed by atoms with Gasteiger partial charge in [-0.05, 0) is 48.7 Å². The van der Waals surface area contributed by atoms with Crippen molar-refractivity contribution in [3.05, 3.63) is 82.9 Å². The van der Waals surface area contributed by atoms with E-state index in [0.717, 1.165) is 17.5 Å². The molecule has 2 aliphatic heterocycles. The number of amides is 3. The Morgan fingerprint density at radius 1 is 1.15 bits per heavy atom. The van der Waals surface area contributed by atoms with E-state index in [0.29, 0.717) is 41.3 Å². The summed E-state index contributed by atoms with van der Waals surface area (Å²) in [6, 6.07) is 12.3. The summed E-state index contributed by atoms with van der Waals surface area (Å²) in [5.74, 6) is 0.347. The number of aromatic nitrogens is 2. The van der Waals surface area contributed by atoms with Crippen LogP contribution in [0.4, 0.5) is 0 Å². The summed E-state index contributed by atoms with van der Waals surface area (Å²) in [5, 5.41) is 3.00. The topological polar surface area (TPSA) is 114 Å². The van der Waals surface area contributed by atoms with Crippen LogP contribution >= 0.6 is 0 Å². The molecule has 3 amide bonds. The average molecular weight is 544 g/mol. The highest BCUT2D eigenvalue weighted by molar-refractivity contribution is 5.97. The van der Waals surface area contributed by atoms with Crippen molar-refractivity contribution in [3.63, 3.8) is 0 Å². The van der Waals surface area contributed by atoms with Crippen LogP contribution in [0, 0.1) is 6.92 Å². The van der Waals surface area contributed by atoms with E-state index in [-0.39, 0.29) is 37.4 Å². The van der Waals surface area contributed by atoms with Crippen LogP contribution in [0.5, 0.6) is 11.5 Å². The molecule has 1 fully saturated rings. The summed E-state index contributed by atoms with van der Waals surface area (Å²) in [4.78, 5) is 51.1. The molecule has 0 saturated carbocycles. The lowest BCUT2D eigenvalue weighted by Crippen LogP contribution is -2.48. The highest BCUT2D eigenvalue weighted by Gasteiger charge is 2.38. The Morgan fingerprint density at radius 2 is 2.00 bits per heavy atom. The summed E-state index contributed by atoms with van der Waals surface area (Å²) in [7, 11) is 1.58. The molecule has 40 heavy (non-hydrogen) atoms. The number of ether oxygens (including phenoxy) is 2. The molecule has 2 atom stereocenters. The standard InChI is InChI=1S/C30H33N5O5/c1-4-6-24-23(13-31-18-32-24)30(38)35-14-25-27(15-35)39-17-20-7-5-8-22(11-20)40-26-12-21(10-9-19(26)2)29(37)34(3)16-28(36)33-25/h5,7-13,18,25,27H,4,6,14-17H2,1-3H3,(H,33,36)/t25-,27-/m0/s1. The summed E-state index contributed by atoms with van der Waals surface area (Å²) in [6.07, 6.45) is 4.05. The van der Waals surface area contributed by atoms with Gasteiger partial charge in [0.05, 0.1) is 36.6 Å². The van der Waals surface area contributed by atoms with Gasteiger partial charge in [-0.2, -0.15) is 0 Å². The third-order valence-corrected chi connectivity index (χ3v) is 7.16. The third-order valence-electron chi connectivity index (χ3n) is 7.16. The van der Waals surface area contributed by atoms with Gasteiger partial charge in [0.25, 0.3) is 11.8 Å². The van der Waals surface area contributed by atoms with Crippen LogP contribution < -0.4 is 10.1 Å². The second-order valence-electron chi connectivity index (χ2n) is 10.3. The molecule has 0 aliphatic carbocycles. The normalized spacial score (nSPS) is 19.6. The van der Waals surface area contributed by atoms with Crippen LogP contribution in [0.15, 0.2) is 55.0 Å². The second kappa shape index (κ2) is 11.8. The van der Waals surface area contributed by atoms with Crippen LogP contribution in [0.3, 0.4) is 0 Å². The minimum absolute atomic E-state index is 0.147. The average Bonchev–Trinajstić information content (AvgIpc) is 3.34. The fourth-order valence-electron chi connectivity index (χ4n) is 5.02. The Labute approximate surface area is 233 Å². The zero-order valence-corrected chi connectivity index (χ0v) is 22.9. The molecule has 1 aromatic heterocycles. The molecule has 0 unspecified atom stereocenters. The molecule has 0 radical (unpaired) electrons. The van der Waals surface area contributed by atoms with E-state index in [1.807, 2.05) is 44.2 Å². The van der Waals surface area contributed by atoms with E-state index in [9.17, 15) is 14.4 Å². The van der Waals surface area contributed by atoms with Gasteiger partial charge in [-0.3, -0.25) is 14.4 Å². The molecular weight excluding hydrogens is 510 g/mol. The van der Waals surface area contributed by atoms with Crippen LogP contribution in [0.25, 0.3) is 0 Å². The van der Waals surface area contributed by atoms with Crippen LogP contribution in [0.2, 0.25) is 0 Å². The Bertz CT molecular complexity index is 1430. The summed E-state index contributed by atoms with van der Waals surface area (Å²) in [5.41, 5.74) is 3.34. The van der Waals surface area contributed by atoms with Crippen molar-refractivity contribution in [2.45, 2.75) is 45.4 Å². The van der Waals surface area contributed by atoms with Crippen LogP contribution in [0.1, 0.15) is 50.9 Å². The fourth-order valence-corrected chi connectivity index (χ4v) is 5.02. The van der Waals surface area contributed by atoms with Crippen molar-refractivity contribution in [3.8, 4) is 11.5 Å². The number of rotatable bonds is 3. The number of nitrogens with zero attached hydrogens (tertiary/aromatic N) is 4. The van der Waals surface area contributed by atoms with E-state index in [1.54, 1.807) is 30.3 Å². The zero-order valence-electron chi connectivity index (χ0n) is 22.9. The van der Waals surface area contributed by atoms with Gasteiger partial charge >= 0.3 is 0 Å². The number of likely N-dealkylation sites (N-methyl/N-ethyl adjacent to an activating group) is 1. The zero-order chi connectivity index (χ0) is 28.2. The van der Waals surface area contributed by atoms with Crippen molar-refractivity contribution >= 4 is 17.7 Å². The molecule has 3 aromatic rings. The highest BCUT2D eigenvalue weighted by Crippen LogP contribution is 2.28. The fraction of sp³-hybridized carbons (Fsp3) is 0.367. The summed E-state index contributed by atoms with van der Waals surface area (Å²) < 4.78 is 12.4. The van der Waals surface area contributed by atoms with Gasteiger partial charge in [-0.1, -0.05) is 31.5 Å². The largest absolute Gasteiger partial charge is 0.457 e. The lowest BCUT2D eigenvalue weighted by atomic mass is 10.1. The second-order valence-corrected chi connectivity index (χ2v) is 10.3. The number of hydrogen-bond acceptors (Lipinski definition) is 7. The Morgan fingerprint density at radius 3 is 2.83 bits per heavy atom. The Kier molecular flexibility index (Phi) is 8.06. The van der Waals surface area contributed by atoms with Crippen molar-refractivity contribution in [2.75, 3.05) is 26.7 Å². The number of aryl methyl sites for hydroxylation is 2. The number of carbonyl (C=O) groups is 3. The van der Waals surface area contributed by atoms with Crippen molar-refractivity contribution in [2.24, 2.45) is 0 Å². The molecule has 4 bridgehead atoms. The first-order chi connectivity index (χ1) is 19.3.